The molecule has 0 saturated heterocycles. The van der Waals surface area contributed by atoms with Gasteiger partial charge in [0.2, 0.25) is 0 Å². The van der Waals surface area contributed by atoms with Crippen molar-refractivity contribution in [1.29, 1.82) is 0 Å². The highest BCUT2D eigenvalue weighted by atomic mass is 16.6. The van der Waals surface area contributed by atoms with Gasteiger partial charge in [0.05, 0.1) is 13.2 Å². The molecular formula is C16H25NO2. The van der Waals surface area contributed by atoms with Crippen LogP contribution >= 0.6 is 0 Å². The average Bonchev–Trinajstić information content (AvgIpc) is 2.76. The van der Waals surface area contributed by atoms with Gasteiger partial charge < -0.3 is 9.57 Å². The normalized spacial score (nSPS) is 22.2. The molecule has 0 spiro atoms. The molecule has 106 valence electrons. The monoisotopic (exact) mass is 263 g/mol. The Morgan fingerprint density at radius 3 is 2.63 bits per heavy atom. The smallest absolute Gasteiger partial charge is 0.124 e. The Hall–Kier alpha value is -1.06. The fraction of sp³-hybridized carbons (Fsp3) is 0.625. The van der Waals surface area contributed by atoms with Crippen LogP contribution in [-0.2, 0) is 10.3 Å². The topological polar surface area (TPSA) is 30.5 Å². The van der Waals surface area contributed by atoms with Crippen LogP contribution in [0.2, 0.25) is 0 Å². The lowest BCUT2D eigenvalue weighted by Crippen LogP contribution is -2.29. The van der Waals surface area contributed by atoms with E-state index in [0.29, 0.717) is 0 Å². The van der Waals surface area contributed by atoms with Gasteiger partial charge in [0.15, 0.2) is 0 Å². The zero-order valence-corrected chi connectivity index (χ0v) is 12.6. The fourth-order valence-corrected chi connectivity index (χ4v) is 2.54. The van der Waals surface area contributed by atoms with Crippen molar-refractivity contribution in [3.8, 4) is 5.75 Å². The van der Waals surface area contributed by atoms with Gasteiger partial charge in [-0.15, -0.1) is 0 Å². The third kappa shape index (κ3) is 2.63. The van der Waals surface area contributed by atoms with Crippen molar-refractivity contribution in [3.63, 3.8) is 0 Å². The lowest BCUT2D eigenvalue weighted by molar-refractivity contribution is 0.0283. The Bertz CT molecular complexity index is 442. The molecule has 3 heteroatoms. The van der Waals surface area contributed by atoms with Crippen LogP contribution in [-0.4, -0.2) is 13.2 Å². The van der Waals surface area contributed by atoms with Crippen molar-refractivity contribution in [3.05, 3.63) is 29.3 Å². The third-order valence-corrected chi connectivity index (χ3v) is 4.31. The minimum atomic E-state index is 0.123. The van der Waals surface area contributed by atoms with Crippen molar-refractivity contribution in [2.75, 3.05) is 7.11 Å². The van der Waals surface area contributed by atoms with Crippen LogP contribution in [0.25, 0.3) is 0 Å². The fourth-order valence-electron chi connectivity index (χ4n) is 2.54. The summed E-state index contributed by atoms with van der Waals surface area (Å²) in [5.74, 6) is 0.983. The Balaban J connectivity index is 2.37. The summed E-state index contributed by atoms with van der Waals surface area (Å²) in [4.78, 5) is 5.14. The van der Waals surface area contributed by atoms with Crippen molar-refractivity contribution in [2.45, 2.75) is 58.1 Å². The average molecular weight is 263 g/mol. The van der Waals surface area contributed by atoms with Gasteiger partial charge in [0, 0.05) is 5.56 Å². The highest BCUT2D eigenvalue weighted by Crippen LogP contribution is 2.40. The van der Waals surface area contributed by atoms with Gasteiger partial charge in [-0.05, 0) is 36.0 Å². The summed E-state index contributed by atoms with van der Waals surface area (Å²) in [6.45, 7) is 8.92. The number of hydrogen-bond acceptors (Lipinski definition) is 3. The second kappa shape index (κ2) is 5.51. The minimum absolute atomic E-state index is 0.123. The molecule has 1 aliphatic heterocycles. The van der Waals surface area contributed by atoms with Gasteiger partial charge in [-0.25, -0.2) is 0 Å². The third-order valence-electron chi connectivity index (χ3n) is 4.31. The molecule has 0 radical (unpaired) electrons. The molecule has 1 heterocycles. The van der Waals surface area contributed by atoms with Crippen LogP contribution in [0.1, 0.15) is 57.7 Å². The SMILES string of the molecule is CCC1Oc2ccc(C(C)(C)CC)cc2C1NOC. The van der Waals surface area contributed by atoms with E-state index in [9.17, 15) is 0 Å². The highest BCUT2D eigenvalue weighted by Gasteiger charge is 2.34. The first-order valence-corrected chi connectivity index (χ1v) is 7.13. The summed E-state index contributed by atoms with van der Waals surface area (Å²) in [6, 6.07) is 6.68. The predicted molar refractivity (Wildman–Crippen MR) is 77.4 cm³/mol. The zero-order valence-electron chi connectivity index (χ0n) is 12.6. The van der Waals surface area contributed by atoms with E-state index >= 15 is 0 Å². The van der Waals surface area contributed by atoms with Crippen LogP contribution in [0, 0.1) is 0 Å². The molecule has 0 aliphatic carbocycles. The van der Waals surface area contributed by atoms with Crippen molar-refractivity contribution < 1.29 is 9.57 Å². The molecule has 3 nitrogen and oxygen atoms in total. The molecule has 0 saturated carbocycles. The summed E-state index contributed by atoms with van der Waals surface area (Å²) in [5.41, 5.74) is 5.84. The molecule has 2 rings (SSSR count). The summed E-state index contributed by atoms with van der Waals surface area (Å²) in [6.07, 6.45) is 2.23. The molecule has 0 fully saturated rings. The quantitative estimate of drug-likeness (QED) is 0.821. The van der Waals surface area contributed by atoms with E-state index in [4.69, 9.17) is 9.57 Å². The Labute approximate surface area is 116 Å². The van der Waals surface area contributed by atoms with E-state index in [1.807, 2.05) is 0 Å². The molecule has 1 aromatic carbocycles. The lowest BCUT2D eigenvalue weighted by Gasteiger charge is -2.24. The molecule has 0 amide bonds. The standard InChI is InChI=1S/C16H25NO2/c1-6-13-15(17-18-5)12-10-11(16(3,4)7-2)8-9-14(12)19-13/h8-10,13,15,17H,6-7H2,1-5H3. The maximum absolute atomic E-state index is 5.98. The summed E-state index contributed by atoms with van der Waals surface area (Å²) in [5, 5.41) is 0. The van der Waals surface area contributed by atoms with E-state index < -0.39 is 0 Å². The number of nitrogens with one attached hydrogen (secondary N) is 1. The number of hydroxylamine groups is 1. The van der Waals surface area contributed by atoms with E-state index in [0.717, 1.165) is 18.6 Å². The van der Waals surface area contributed by atoms with Gasteiger partial charge in [0.1, 0.15) is 11.9 Å². The van der Waals surface area contributed by atoms with Crippen LogP contribution in [0.5, 0.6) is 5.75 Å². The van der Waals surface area contributed by atoms with E-state index in [1.54, 1.807) is 7.11 Å². The first-order chi connectivity index (χ1) is 9.03. The maximum atomic E-state index is 5.98. The summed E-state index contributed by atoms with van der Waals surface area (Å²) < 4.78 is 5.98. The summed E-state index contributed by atoms with van der Waals surface area (Å²) in [7, 11) is 1.66. The predicted octanol–water partition coefficient (Wildman–Crippen LogP) is 3.74. The molecule has 1 aliphatic rings. The Morgan fingerprint density at radius 2 is 2.05 bits per heavy atom. The first kappa shape index (κ1) is 14.4. The van der Waals surface area contributed by atoms with E-state index in [2.05, 4.69) is 51.4 Å². The van der Waals surface area contributed by atoms with Crippen molar-refractivity contribution >= 4 is 0 Å². The van der Waals surface area contributed by atoms with Crippen LogP contribution in [0.3, 0.4) is 0 Å². The zero-order chi connectivity index (χ0) is 14.0. The number of ether oxygens (including phenoxy) is 1. The molecule has 2 atom stereocenters. The van der Waals surface area contributed by atoms with Gasteiger partial charge in [-0.2, -0.15) is 5.48 Å². The largest absolute Gasteiger partial charge is 0.488 e. The van der Waals surface area contributed by atoms with Crippen molar-refractivity contribution in [2.24, 2.45) is 0 Å². The second-order valence-electron chi connectivity index (χ2n) is 5.85. The molecule has 1 aromatic rings. The number of fused-ring (bicyclic) bond motifs is 1. The number of rotatable bonds is 5. The lowest BCUT2D eigenvalue weighted by atomic mass is 9.81. The van der Waals surface area contributed by atoms with E-state index in [-0.39, 0.29) is 17.6 Å². The van der Waals surface area contributed by atoms with Crippen LogP contribution < -0.4 is 10.2 Å². The van der Waals surface area contributed by atoms with Gasteiger partial charge in [0.25, 0.3) is 0 Å². The first-order valence-electron chi connectivity index (χ1n) is 7.13. The van der Waals surface area contributed by atoms with Gasteiger partial charge >= 0.3 is 0 Å². The molecular weight excluding hydrogens is 238 g/mol. The van der Waals surface area contributed by atoms with Gasteiger partial charge in [-0.1, -0.05) is 33.8 Å². The van der Waals surface area contributed by atoms with Crippen LogP contribution in [0.15, 0.2) is 18.2 Å². The highest BCUT2D eigenvalue weighted by molar-refractivity contribution is 5.45. The molecule has 1 N–H and O–H groups in total. The van der Waals surface area contributed by atoms with E-state index in [1.165, 1.54) is 11.1 Å². The number of hydrogen-bond donors (Lipinski definition) is 1. The summed E-state index contributed by atoms with van der Waals surface area (Å²) >= 11 is 0. The Morgan fingerprint density at radius 1 is 1.32 bits per heavy atom. The maximum Gasteiger partial charge on any atom is 0.124 e. The Kier molecular flexibility index (Phi) is 4.16. The molecule has 2 unspecified atom stereocenters. The molecule has 19 heavy (non-hydrogen) atoms. The van der Waals surface area contributed by atoms with Crippen molar-refractivity contribution in [1.82, 2.24) is 5.48 Å². The second-order valence-corrected chi connectivity index (χ2v) is 5.85. The number of benzene rings is 1. The molecule has 0 aromatic heterocycles. The minimum Gasteiger partial charge on any atom is -0.488 e. The van der Waals surface area contributed by atoms with Crippen LogP contribution in [0.4, 0.5) is 0 Å². The van der Waals surface area contributed by atoms with Gasteiger partial charge in [-0.3, -0.25) is 0 Å². The molecule has 0 bridgehead atoms.